The van der Waals surface area contributed by atoms with Gasteiger partial charge in [-0.25, -0.2) is 0 Å². The predicted molar refractivity (Wildman–Crippen MR) is 121 cm³/mol. The van der Waals surface area contributed by atoms with Crippen LogP contribution in [0.25, 0.3) is 0 Å². The molecule has 0 spiro atoms. The number of amides is 1. The first-order valence-electron chi connectivity index (χ1n) is 11.5. The minimum Gasteiger partial charge on any atom is -0.462 e. The van der Waals surface area contributed by atoms with Crippen LogP contribution in [0.15, 0.2) is 24.3 Å². The summed E-state index contributed by atoms with van der Waals surface area (Å²) in [6.07, 6.45) is 11.2. The molecular weight excluding hydrogens is 362 g/mol. The second-order valence-electron chi connectivity index (χ2n) is 8.10. The van der Waals surface area contributed by atoms with Crippen LogP contribution in [0.1, 0.15) is 90.5 Å². The summed E-state index contributed by atoms with van der Waals surface area (Å²) in [4.78, 5) is 24.7. The molecule has 0 saturated carbocycles. The first-order chi connectivity index (χ1) is 13.9. The molecule has 0 unspecified atom stereocenters. The lowest BCUT2D eigenvalue weighted by atomic mass is 10.0. The lowest BCUT2D eigenvalue weighted by Crippen LogP contribution is -2.32. The van der Waals surface area contributed by atoms with Crippen molar-refractivity contribution in [3.05, 3.63) is 29.8 Å². The molecule has 0 N–H and O–H groups in total. The molecule has 29 heavy (non-hydrogen) atoms. The Morgan fingerprint density at radius 1 is 1.14 bits per heavy atom. The number of esters is 1. The van der Waals surface area contributed by atoms with Crippen LogP contribution in [0, 0.1) is 12.8 Å². The Kier molecular flexibility index (Phi) is 12.3. The largest absolute Gasteiger partial charge is 0.462 e. The lowest BCUT2D eigenvalue weighted by molar-refractivity contribution is -0.141. The third kappa shape index (κ3) is 9.47. The number of anilines is 1. The van der Waals surface area contributed by atoms with Crippen molar-refractivity contribution in [1.82, 2.24) is 0 Å². The summed E-state index contributed by atoms with van der Waals surface area (Å²) in [7, 11) is 1.86. The summed E-state index contributed by atoms with van der Waals surface area (Å²) in [5.74, 6) is 0.361. The van der Waals surface area contributed by atoms with Crippen LogP contribution in [-0.2, 0) is 14.3 Å². The summed E-state index contributed by atoms with van der Waals surface area (Å²) in [5, 5.41) is 0. The fraction of sp³-hybridized carbons (Fsp3) is 0.680. The van der Waals surface area contributed by atoms with Crippen LogP contribution in [0.5, 0.6) is 0 Å². The van der Waals surface area contributed by atoms with Crippen LogP contribution in [0.2, 0.25) is 0 Å². The number of unbranched alkanes of at least 4 members (excludes halogenated alkanes) is 4. The first-order valence-corrected chi connectivity index (χ1v) is 11.5. The molecule has 4 heteroatoms. The van der Waals surface area contributed by atoms with Crippen LogP contribution in [0.4, 0.5) is 5.69 Å². The monoisotopic (exact) mass is 403 g/mol. The molecule has 1 aliphatic rings. The van der Waals surface area contributed by atoms with E-state index in [-0.39, 0.29) is 23.9 Å². The van der Waals surface area contributed by atoms with Gasteiger partial charge in [0.15, 0.2) is 0 Å². The van der Waals surface area contributed by atoms with Gasteiger partial charge in [0, 0.05) is 25.1 Å². The van der Waals surface area contributed by atoms with E-state index in [1.807, 2.05) is 38.2 Å². The van der Waals surface area contributed by atoms with Gasteiger partial charge in [0.25, 0.3) is 0 Å². The molecule has 1 saturated heterocycles. The molecule has 1 aliphatic heterocycles. The molecular formula is C25H41NO3. The van der Waals surface area contributed by atoms with E-state index >= 15 is 0 Å². The van der Waals surface area contributed by atoms with Gasteiger partial charge < -0.3 is 9.64 Å². The van der Waals surface area contributed by atoms with Gasteiger partial charge in [0.1, 0.15) is 6.10 Å². The van der Waals surface area contributed by atoms with Crippen molar-refractivity contribution in [3.63, 3.8) is 0 Å². The van der Waals surface area contributed by atoms with E-state index in [2.05, 4.69) is 20.8 Å². The Morgan fingerprint density at radius 3 is 2.38 bits per heavy atom. The summed E-state index contributed by atoms with van der Waals surface area (Å²) in [5.41, 5.74) is 2.17. The second-order valence-corrected chi connectivity index (χ2v) is 8.10. The zero-order valence-electron chi connectivity index (χ0n) is 19.2. The van der Waals surface area contributed by atoms with Gasteiger partial charge in [-0.2, -0.15) is 0 Å². The number of hydrogen-bond acceptors (Lipinski definition) is 3. The van der Waals surface area contributed by atoms with Crippen LogP contribution in [0.3, 0.4) is 0 Å². The summed E-state index contributed by atoms with van der Waals surface area (Å²) in [6.45, 7) is 8.39. The van der Waals surface area contributed by atoms with Crippen molar-refractivity contribution in [1.29, 1.82) is 0 Å². The third-order valence-corrected chi connectivity index (χ3v) is 5.65. The van der Waals surface area contributed by atoms with Gasteiger partial charge >= 0.3 is 5.97 Å². The van der Waals surface area contributed by atoms with Gasteiger partial charge in [-0.3, -0.25) is 9.59 Å². The maximum Gasteiger partial charge on any atom is 0.306 e. The minimum absolute atomic E-state index is 0.00134. The van der Waals surface area contributed by atoms with E-state index in [1.165, 1.54) is 37.7 Å². The number of aryl methyl sites for hydroxylation is 1. The average Bonchev–Trinajstić information content (AvgIpc) is 3.13. The fourth-order valence-corrected chi connectivity index (χ4v) is 3.64. The maximum atomic E-state index is 12.1. The standard InChI is InChI=1S/C14H21NO.C11H20O2/c1-5-12(6-2)14(16)15(4)13-9-7-8-11(3)10-13;1-2-3-4-5-6-7-10-8-9-11(12)13-10/h7-10,12H,5-6H2,1-4H3;10H,2-9H2,1H3/t;10-/m.0/s1. The Morgan fingerprint density at radius 2 is 1.83 bits per heavy atom. The second kappa shape index (κ2) is 14.2. The zero-order valence-corrected chi connectivity index (χ0v) is 19.2. The number of nitrogens with zero attached hydrogens (tertiary/aromatic N) is 1. The molecule has 0 bridgehead atoms. The number of hydrogen-bond donors (Lipinski definition) is 0. The van der Waals surface area contributed by atoms with Crippen LogP contribution >= 0.6 is 0 Å². The number of rotatable bonds is 10. The lowest BCUT2D eigenvalue weighted by Gasteiger charge is -2.22. The van der Waals surface area contributed by atoms with Gasteiger partial charge in [0.05, 0.1) is 0 Å². The van der Waals surface area contributed by atoms with Crippen LogP contribution in [-0.4, -0.2) is 25.0 Å². The number of carbonyl (C=O) groups excluding carboxylic acids is 2. The van der Waals surface area contributed by atoms with Gasteiger partial charge in [0.2, 0.25) is 5.91 Å². The van der Waals surface area contributed by atoms with Crippen molar-refractivity contribution < 1.29 is 14.3 Å². The molecule has 164 valence electrons. The van der Waals surface area contributed by atoms with E-state index in [0.717, 1.165) is 31.4 Å². The fourth-order valence-electron chi connectivity index (χ4n) is 3.64. The normalized spacial score (nSPS) is 15.7. The highest BCUT2D eigenvalue weighted by Crippen LogP contribution is 2.20. The Bertz CT molecular complexity index is 610. The molecule has 1 fully saturated rings. The summed E-state index contributed by atoms with van der Waals surface area (Å²) < 4.78 is 5.13. The molecule has 1 amide bonds. The van der Waals surface area contributed by atoms with E-state index in [0.29, 0.717) is 6.42 Å². The molecule has 2 rings (SSSR count). The number of benzene rings is 1. The SMILES string of the molecule is CCC(CC)C(=O)N(C)c1cccc(C)c1.CCCCCCC[C@H]1CCC(=O)O1. The quantitative estimate of drug-likeness (QED) is 0.333. The van der Waals surface area contributed by atoms with Crippen molar-refractivity contribution in [2.45, 2.75) is 98.0 Å². The number of ether oxygens (including phenoxy) is 1. The molecule has 0 aromatic heterocycles. The molecule has 0 aliphatic carbocycles. The van der Waals surface area contributed by atoms with E-state index in [4.69, 9.17) is 4.74 Å². The smallest absolute Gasteiger partial charge is 0.306 e. The van der Waals surface area contributed by atoms with Crippen LogP contribution < -0.4 is 4.90 Å². The zero-order chi connectivity index (χ0) is 21.6. The number of carbonyl (C=O) groups is 2. The first kappa shape index (κ1) is 25.2. The van der Waals surface area contributed by atoms with Crippen molar-refractivity contribution in [3.8, 4) is 0 Å². The Balaban J connectivity index is 0.000000296. The predicted octanol–water partition coefficient (Wildman–Crippen LogP) is 6.45. The average molecular weight is 404 g/mol. The van der Waals surface area contributed by atoms with E-state index < -0.39 is 0 Å². The van der Waals surface area contributed by atoms with E-state index in [1.54, 1.807) is 4.90 Å². The topological polar surface area (TPSA) is 46.6 Å². The Hall–Kier alpha value is -1.84. The Labute approximate surface area is 178 Å². The van der Waals surface area contributed by atoms with Gasteiger partial charge in [-0.1, -0.05) is 58.6 Å². The van der Waals surface area contributed by atoms with Crippen molar-refractivity contribution in [2.75, 3.05) is 11.9 Å². The highest BCUT2D eigenvalue weighted by Gasteiger charge is 2.22. The van der Waals surface area contributed by atoms with Gasteiger partial charge in [-0.15, -0.1) is 0 Å². The highest BCUT2D eigenvalue weighted by atomic mass is 16.5. The molecule has 1 heterocycles. The van der Waals surface area contributed by atoms with Gasteiger partial charge in [-0.05, 0) is 56.7 Å². The molecule has 1 aromatic carbocycles. The van der Waals surface area contributed by atoms with Crippen molar-refractivity contribution in [2.24, 2.45) is 5.92 Å². The molecule has 0 radical (unpaired) electrons. The third-order valence-electron chi connectivity index (χ3n) is 5.65. The summed E-state index contributed by atoms with van der Waals surface area (Å²) in [6, 6.07) is 8.05. The van der Waals surface area contributed by atoms with E-state index in [9.17, 15) is 9.59 Å². The molecule has 1 aromatic rings. The van der Waals surface area contributed by atoms with Crippen molar-refractivity contribution >= 4 is 17.6 Å². The molecule has 1 atom stereocenters. The number of cyclic esters (lactones) is 1. The maximum absolute atomic E-state index is 12.1. The highest BCUT2D eigenvalue weighted by molar-refractivity contribution is 5.94. The summed E-state index contributed by atoms with van der Waals surface area (Å²) >= 11 is 0. The molecule has 4 nitrogen and oxygen atoms in total. The minimum atomic E-state index is -0.00134.